The van der Waals surface area contributed by atoms with Gasteiger partial charge >= 0.3 is 0 Å². The maximum atomic E-state index is 12.2. The van der Waals surface area contributed by atoms with Crippen molar-refractivity contribution in [1.82, 2.24) is 9.47 Å². The maximum Gasteiger partial charge on any atom is 0.182 e. The SMILES string of the molecule is Cc1cc(C(=O)C(C)Cl)c(C)n1C(CN(C)C)C(C)C. The van der Waals surface area contributed by atoms with Crippen LogP contribution in [0.3, 0.4) is 0 Å². The van der Waals surface area contributed by atoms with E-state index in [9.17, 15) is 4.79 Å². The Morgan fingerprint density at radius 2 is 1.85 bits per heavy atom. The normalized spacial score (nSPS) is 14.9. The highest BCUT2D eigenvalue weighted by Crippen LogP contribution is 2.27. The lowest BCUT2D eigenvalue weighted by Gasteiger charge is -2.29. The Morgan fingerprint density at radius 1 is 1.30 bits per heavy atom. The largest absolute Gasteiger partial charge is 0.344 e. The second kappa shape index (κ2) is 6.77. The Bertz CT molecular complexity index is 475. The lowest BCUT2D eigenvalue weighted by atomic mass is 10.0. The van der Waals surface area contributed by atoms with Gasteiger partial charge in [0.05, 0.1) is 5.38 Å². The minimum atomic E-state index is -0.477. The van der Waals surface area contributed by atoms with Crippen LogP contribution < -0.4 is 0 Å². The molecule has 0 amide bonds. The van der Waals surface area contributed by atoms with E-state index in [2.05, 4.69) is 44.3 Å². The van der Waals surface area contributed by atoms with Crippen molar-refractivity contribution in [1.29, 1.82) is 0 Å². The second-order valence-corrected chi connectivity index (χ2v) is 6.86. The molecule has 0 fully saturated rings. The fourth-order valence-corrected chi connectivity index (χ4v) is 2.83. The number of Topliss-reactive ketones (excluding diaryl/α,β-unsaturated/α-hetero) is 1. The third kappa shape index (κ3) is 3.64. The van der Waals surface area contributed by atoms with E-state index < -0.39 is 5.38 Å². The molecule has 114 valence electrons. The Morgan fingerprint density at radius 3 is 2.25 bits per heavy atom. The predicted molar refractivity (Wildman–Crippen MR) is 86.0 cm³/mol. The summed E-state index contributed by atoms with van der Waals surface area (Å²) in [6.45, 7) is 11.2. The number of halogens is 1. The van der Waals surface area contributed by atoms with Crippen molar-refractivity contribution in [3.05, 3.63) is 23.0 Å². The summed E-state index contributed by atoms with van der Waals surface area (Å²) >= 11 is 5.96. The minimum Gasteiger partial charge on any atom is -0.344 e. The van der Waals surface area contributed by atoms with E-state index in [0.29, 0.717) is 12.0 Å². The number of ketones is 1. The molecule has 20 heavy (non-hydrogen) atoms. The number of aryl methyl sites for hydroxylation is 1. The topological polar surface area (TPSA) is 25.2 Å². The van der Waals surface area contributed by atoms with Gasteiger partial charge in [0.2, 0.25) is 0 Å². The van der Waals surface area contributed by atoms with Gasteiger partial charge in [-0.05, 0) is 46.9 Å². The number of aromatic nitrogens is 1. The first-order chi connectivity index (χ1) is 9.16. The number of hydrogen-bond acceptors (Lipinski definition) is 2. The van der Waals surface area contributed by atoms with Crippen molar-refractivity contribution in [2.75, 3.05) is 20.6 Å². The van der Waals surface area contributed by atoms with Crippen LogP contribution in [0.15, 0.2) is 6.07 Å². The molecular weight excluding hydrogens is 272 g/mol. The summed E-state index contributed by atoms with van der Waals surface area (Å²) in [7, 11) is 4.16. The lowest BCUT2D eigenvalue weighted by molar-refractivity contribution is 0.0991. The van der Waals surface area contributed by atoms with Crippen LogP contribution in [-0.4, -0.2) is 41.3 Å². The van der Waals surface area contributed by atoms with E-state index in [1.165, 1.54) is 0 Å². The van der Waals surface area contributed by atoms with Crippen molar-refractivity contribution in [2.24, 2.45) is 5.92 Å². The Balaban J connectivity index is 3.27. The van der Waals surface area contributed by atoms with Gasteiger partial charge in [0.15, 0.2) is 5.78 Å². The van der Waals surface area contributed by atoms with Crippen LogP contribution in [0.5, 0.6) is 0 Å². The van der Waals surface area contributed by atoms with Gasteiger partial charge in [-0.1, -0.05) is 13.8 Å². The zero-order valence-corrected chi connectivity index (χ0v) is 14.5. The standard InChI is InChI=1S/C16H27ClN2O/c1-10(2)15(9-18(6)7)19-11(3)8-14(13(19)5)16(20)12(4)17/h8,10,12,15H,9H2,1-7H3. The molecule has 0 aliphatic heterocycles. The molecule has 2 atom stereocenters. The molecule has 0 spiro atoms. The van der Waals surface area contributed by atoms with E-state index in [-0.39, 0.29) is 5.78 Å². The van der Waals surface area contributed by atoms with Crippen molar-refractivity contribution < 1.29 is 4.79 Å². The minimum absolute atomic E-state index is 0.0124. The van der Waals surface area contributed by atoms with Gasteiger partial charge in [0, 0.05) is 29.5 Å². The van der Waals surface area contributed by atoms with Gasteiger partial charge in [-0.25, -0.2) is 0 Å². The summed E-state index contributed by atoms with van der Waals surface area (Å²) in [6, 6.07) is 2.33. The van der Waals surface area contributed by atoms with Crippen LogP contribution >= 0.6 is 11.6 Å². The maximum absolute atomic E-state index is 12.2. The molecule has 1 aromatic heterocycles. The van der Waals surface area contributed by atoms with Crippen molar-refractivity contribution in [3.63, 3.8) is 0 Å². The highest BCUT2D eigenvalue weighted by Gasteiger charge is 2.25. The van der Waals surface area contributed by atoms with Crippen LogP contribution in [0.25, 0.3) is 0 Å². The second-order valence-electron chi connectivity index (χ2n) is 6.21. The molecule has 0 aromatic carbocycles. The molecule has 0 N–H and O–H groups in total. The molecule has 0 aliphatic rings. The summed E-state index contributed by atoms with van der Waals surface area (Å²) in [5, 5.41) is -0.477. The smallest absolute Gasteiger partial charge is 0.182 e. The van der Waals surface area contributed by atoms with Crippen molar-refractivity contribution in [2.45, 2.75) is 46.0 Å². The Hall–Kier alpha value is -0.800. The van der Waals surface area contributed by atoms with E-state index in [4.69, 9.17) is 11.6 Å². The highest BCUT2D eigenvalue weighted by atomic mass is 35.5. The third-order valence-corrected chi connectivity index (χ3v) is 3.96. The molecule has 2 unspecified atom stereocenters. The number of nitrogens with zero attached hydrogens (tertiary/aromatic N) is 2. The van der Waals surface area contributed by atoms with Crippen LogP contribution in [0.2, 0.25) is 0 Å². The number of carbonyl (C=O) groups excluding carboxylic acids is 1. The van der Waals surface area contributed by atoms with Gasteiger partial charge in [-0.2, -0.15) is 0 Å². The Labute approximate surface area is 127 Å². The fraction of sp³-hybridized carbons (Fsp3) is 0.688. The van der Waals surface area contributed by atoms with Gasteiger partial charge in [0.1, 0.15) is 0 Å². The molecule has 0 saturated carbocycles. The number of hydrogen-bond donors (Lipinski definition) is 0. The highest BCUT2D eigenvalue weighted by molar-refractivity contribution is 6.33. The molecule has 3 nitrogen and oxygen atoms in total. The van der Waals surface area contributed by atoms with Crippen molar-refractivity contribution in [3.8, 4) is 0 Å². The molecule has 0 radical (unpaired) electrons. The van der Waals surface area contributed by atoms with Crippen molar-refractivity contribution >= 4 is 17.4 Å². The zero-order chi connectivity index (χ0) is 15.6. The third-order valence-electron chi connectivity index (χ3n) is 3.76. The number of alkyl halides is 1. The van der Waals surface area contributed by atoms with E-state index in [0.717, 1.165) is 23.5 Å². The molecule has 4 heteroatoms. The molecule has 0 aliphatic carbocycles. The number of rotatable bonds is 6. The molecule has 0 saturated heterocycles. The van der Waals surface area contributed by atoms with Crippen LogP contribution in [0.1, 0.15) is 48.6 Å². The summed E-state index contributed by atoms with van der Waals surface area (Å²) < 4.78 is 2.29. The van der Waals surface area contributed by atoms with Gasteiger partial charge in [-0.3, -0.25) is 4.79 Å². The first-order valence-corrected chi connectivity index (χ1v) is 7.61. The summed E-state index contributed by atoms with van der Waals surface area (Å²) in [4.78, 5) is 14.4. The predicted octanol–water partition coefficient (Wildman–Crippen LogP) is 3.67. The average Bonchev–Trinajstić information content (AvgIpc) is 2.60. The van der Waals surface area contributed by atoms with E-state index in [1.807, 2.05) is 13.0 Å². The van der Waals surface area contributed by atoms with Gasteiger partial charge in [-0.15, -0.1) is 11.6 Å². The Kier molecular flexibility index (Phi) is 5.84. The molecular formula is C16H27ClN2O. The van der Waals surface area contributed by atoms with E-state index in [1.54, 1.807) is 6.92 Å². The first-order valence-electron chi connectivity index (χ1n) is 7.18. The number of carbonyl (C=O) groups is 1. The fourth-order valence-electron chi connectivity index (χ4n) is 2.72. The summed E-state index contributed by atoms with van der Waals surface area (Å²) in [5.74, 6) is 0.511. The van der Waals surface area contributed by atoms with Crippen LogP contribution in [0.4, 0.5) is 0 Å². The summed E-state index contributed by atoms with van der Waals surface area (Å²) in [5.41, 5.74) is 2.92. The van der Waals surface area contributed by atoms with Crippen LogP contribution in [-0.2, 0) is 0 Å². The molecule has 0 bridgehead atoms. The van der Waals surface area contributed by atoms with Crippen LogP contribution in [0, 0.1) is 19.8 Å². The van der Waals surface area contributed by atoms with Gasteiger partial charge < -0.3 is 9.47 Å². The summed E-state index contributed by atoms with van der Waals surface area (Å²) in [6.07, 6.45) is 0. The first kappa shape index (κ1) is 17.3. The van der Waals surface area contributed by atoms with Gasteiger partial charge in [0.25, 0.3) is 0 Å². The average molecular weight is 299 g/mol. The quantitative estimate of drug-likeness (QED) is 0.591. The lowest BCUT2D eigenvalue weighted by Crippen LogP contribution is -2.29. The molecule has 1 heterocycles. The van der Waals surface area contributed by atoms with E-state index >= 15 is 0 Å². The molecule has 1 rings (SSSR count). The zero-order valence-electron chi connectivity index (χ0n) is 13.7. The number of likely N-dealkylation sites (N-methyl/N-ethyl adjacent to an activating group) is 1. The monoisotopic (exact) mass is 298 g/mol. The molecule has 1 aromatic rings.